The Kier molecular flexibility index (Phi) is 6.99. The molecule has 1 aromatic carbocycles. The Hall–Kier alpha value is -3.83. The van der Waals surface area contributed by atoms with E-state index >= 15 is 0 Å². The maximum Gasteiger partial charge on any atom is 0.416 e. The summed E-state index contributed by atoms with van der Waals surface area (Å²) in [6.45, 7) is 7.82. The lowest BCUT2D eigenvalue weighted by molar-refractivity contribution is -0.384. The summed E-state index contributed by atoms with van der Waals surface area (Å²) in [7, 11) is 2.88. The monoisotopic (exact) mass is 476 g/mol. The van der Waals surface area contributed by atoms with E-state index in [1.807, 2.05) is 0 Å². The number of hydrogen-bond acceptors (Lipinski definition) is 9. The van der Waals surface area contributed by atoms with Crippen LogP contribution in [0.25, 0.3) is 10.8 Å². The maximum absolute atomic E-state index is 12.8. The summed E-state index contributed by atoms with van der Waals surface area (Å²) in [6.07, 6.45) is -1.26. The lowest BCUT2D eigenvalue weighted by atomic mass is 10.1. The van der Waals surface area contributed by atoms with Gasteiger partial charge >= 0.3 is 23.8 Å². The number of aryl methyl sites for hydroxylation is 1. The molecule has 0 N–H and O–H groups in total. The molecule has 1 aromatic heterocycles. The van der Waals surface area contributed by atoms with Crippen molar-refractivity contribution >= 4 is 28.6 Å². The van der Waals surface area contributed by atoms with Crippen molar-refractivity contribution in [3.05, 3.63) is 27.9 Å². The zero-order valence-electron chi connectivity index (χ0n) is 20.0. The number of aromatic nitrogens is 1. The lowest BCUT2D eigenvalue weighted by Crippen LogP contribution is -2.52. The largest absolute Gasteiger partial charge is 0.493 e. The van der Waals surface area contributed by atoms with Crippen LogP contribution in [0.15, 0.2) is 12.1 Å². The average Bonchev–Trinajstić information content (AvgIpc) is 2.77. The molecule has 3 rings (SSSR count). The Morgan fingerprint density at radius 3 is 1.94 bits per heavy atom. The van der Waals surface area contributed by atoms with Gasteiger partial charge in [0.2, 0.25) is 0 Å². The number of methoxy groups -OCH3 is 2. The van der Waals surface area contributed by atoms with Crippen LogP contribution < -0.4 is 14.2 Å². The number of pyridine rings is 1. The highest BCUT2D eigenvalue weighted by Crippen LogP contribution is 2.41. The number of carbonyl (C=O) groups excluding carboxylic acids is 2. The van der Waals surface area contributed by atoms with Crippen molar-refractivity contribution in [2.75, 3.05) is 40.4 Å². The van der Waals surface area contributed by atoms with Crippen molar-refractivity contribution in [3.63, 3.8) is 0 Å². The lowest BCUT2D eigenvalue weighted by Gasteiger charge is -2.34. The van der Waals surface area contributed by atoms with Gasteiger partial charge in [-0.25, -0.2) is 14.6 Å². The number of fused-ring (bicyclic) bond motifs is 1. The third kappa shape index (κ3) is 5.21. The average molecular weight is 476 g/mol. The van der Waals surface area contributed by atoms with E-state index in [9.17, 15) is 19.7 Å². The molecule has 12 nitrogen and oxygen atoms in total. The van der Waals surface area contributed by atoms with Crippen LogP contribution in [0, 0.1) is 17.0 Å². The summed E-state index contributed by atoms with van der Waals surface area (Å²) in [5.74, 6) is 0.267. The van der Waals surface area contributed by atoms with Crippen LogP contribution in [0.2, 0.25) is 0 Å². The van der Waals surface area contributed by atoms with E-state index < -0.39 is 34.3 Å². The summed E-state index contributed by atoms with van der Waals surface area (Å²) in [4.78, 5) is 43.3. The fourth-order valence-electron chi connectivity index (χ4n) is 3.55. The molecule has 184 valence electrons. The maximum atomic E-state index is 12.8. The molecule has 0 bridgehead atoms. The summed E-state index contributed by atoms with van der Waals surface area (Å²) in [5.41, 5.74) is -0.667. The minimum atomic E-state index is -0.793. The zero-order valence-corrected chi connectivity index (χ0v) is 20.0. The molecule has 34 heavy (non-hydrogen) atoms. The number of nitrogens with zero attached hydrogens (tertiary/aromatic N) is 4. The first-order valence-electron chi connectivity index (χ1n) is 10.6. The molecular formula is C22H28N4O8. The Morgan fingerprint density at radius 1 is 0.971 bits per heavy atom. The standard InChI is InChI=1S/C22H28N4O8/c1-13-14-11-16(31-5)17(32-6)12-15(14)18(26(29)30)19(23-13)33-20(27)24-7-9-25(10-8-24)21(28)34-22(2,3)4/h11-12H,7-10H2,1-6H3. The van der Waals surface area contributed by atoms with Crippen molar-refractivity contribution in [1.29, 1.82) is 0 Å². The number of hydrogen-bond donors (Lipinski definition) is 0. The van der Waals surface area contributed by atoms with Gasteiger partial charge in [-0.05, 0) is 39.8 Å². The van der Waals surface area contributed by atoms with Gasteiger partial charge < -0.3 is 28.7 Å². The summed E-state index contributed by atoms with van der Waals surface area (Å²) >= 11 is 0. The molecule has 0 saturated carbocycles. The van der Waals surface area contributed by atoms with Gasteiger partial charge in [0, 0.05) is 37.3 Å². The molecule has 2 amide bonds. The highest BCUT2D eigenvalue weighted by atomic mass is 16.6. The molecule has 1 aliphatic rings. The summed E-state index contributed by atoms with van der Waals surface area (Å²) < 4.78 is 21.3. The van der Waals surface area contributed by atoms with Crippen LogP contribution in [0.5, 0.6) is 17.4 Å². The van der Waals surface area contributed by atoms with Gasteiger partial charge in [0.25, 0.3) is 0 Å². The first-order chi connectivity index (χ1) is 15.9. The Morgan fingerprint density at radius 2 is 1.47 bits per heavy atom. The predicted molar refractivity (Wildman–Crippen MR) is 122 cm³/mol. The fraction of sp³-hybridized carbons (Fsp3) is 0.500. The highest BCUT2D eigenvalue weighted by molar-refractivity contribution is 5.97. The summed E-state index contributed by atoms with van der Waals surface area (Å²) in [6, 6.07) is 3.04. The second-order valence-electron chi connectivity index (χ2n) is 8.68. The molecule has 0 atom stereocenters. The molecule has 1 saturated heterocycles. The van der Waals surface area contributed by atoms with Gasteiger partial charge in [-0.3, -0.25) is 10.1 Å². The van der Waals surface area contributed by atoms with E-state index in [0.717, 1.165) is 0 Å². The van der Waals surface area contributed by atoms with Gasteiger partial charge in [-0.2, -0.15) is 0 Å². The highest BCUT2D eigenvalue weighted by Gasteiger charge is 2.32. The molecule has 2 aromatic rings. The van der Waals surface area contributed by atoms with E-state index in [0.29, 0.717) is 22.6 Å². The first-order valence-corrected chi connectivity index (χ1v) is 10.6. The molecule has 0 unspecified atom stereocenters. The van der Waals surface area contributed by atoms with Gasteiger partial charge in [-0.1, -0.05) is 0 Å². The topological polar surface area (TPSA) is 134 Å². The van der Waals surface area contributed by atoms with Gasteiger partial charge in [0.1, 0.15) is 5.60 Å². The smallest absolute Gasteiger partial charge is 0.416 e. The number of rotatable bonds is 4. The van der Waals surface area contributed by atoms with Crippen LogP contribution in [0.3, 0.4) is 0 Å². The SMILES string of the molecule is COc1cc2c(C)nc(OC(=O)N3CCN(C(=O)OC(C)(C)C)CC3)c([N+](=O)[O-])c2cc1OC. The number of benzene rings is 1. The molecule has 0 spiro atoms. The number of piperazine rings is 1. The number of carbonyl (C=O) groups is 2. The second kappa shape index (κ2) is 9.57. The predicted octanol–water partition coefficient (Wildman–Crippen LogP) is 3.52. The zero-order chi connectivity index (χ0) is 25.2. The van der Waals surface area contributed by atoms with Gasteiger partial charge in [-0.15, -0.1) is 0 Å². The molecule has 12 heteroatoms. The van der Waals surface area contributed by atoms with Gasteiger partial charge in [0.05, 0.1) is 24.5 Å². The summed E-state index contributed by atoms with van der Waals surface area (Å²) in [5, 5.41) is 12.6. The van der Waals surface area contributed by atoms with E-state index in [-0.39, 0.29) is 31.6 Å². The van der Waals surface area contributed by atoms with Crippen LogP contribution in [0.1, 0.15) is 26.5 Å². The van der Waals surface area contributed by atoms with E-state index in [1.54, 1.807) is 33.8 Å². The molecule has 1 fully saturated rings. The van der Waals surface area contributed by atoms with Crippen LogP contribution in [-0.4, -0.2) is 77.9 Å². The van der Waals surface area contributed by atoms with E-state index in [2.05, 4.69) is 4.98 Å². The molecule has 1 aliphatic heterocycles. The molecule has 0 aliphatic carbocycles. The Labute approximate surface area is 196 Å². The first kappa shape index (κ1) is 24.8. The van der Waals surface area contributed by atoms with Crippen molar-refractivity contribution < 1.29 is 33.5 Å². The van der Waals surface area contributed by atoms with Crippen molar-refractivity contribution in [2.45, 2.75) is 33.3 Å². The normalized spacial score (nSPS) is 14.1. The number of amides is 2. The minimum absolute atomic E-state index is 0.184. The number of nitro groups is 1. The Bertz CT molecular complexity index is 1120. The van der Waals surface area contributed by atoms with Crippen LogP contribution in [0.4, 0.5) is 15.3 Å². The molecular weight excluding hydrogens is 448 g/mol. The quantitative estimate of drug-likeness (QED) is 0.480. The van der Waals surface area contributed by atoms with Crippen LogP contribution >= 0.6 is 0 Å². The van der Waals surface area contributed by atoms with Crippen LogP contribution in [-0.2, 0) is 4.74 Å². The number of ether oxygens (including phenoxy) is 4. The van der Waals surface area contributed by atoms with Crippen molar-refractivity contribution in [3.8, 4) is 17.4 Å². The molecule has 2 heterocycles. The third-order valence-corrected chi connectivity index (χ3v) is 5.20. The fourth-order valence-corrected chi connectivity index (χ4v) is 3.55. The second-order valence-corrected chi connectivity index (χ2v) is 8.68. The van der Waals surface area contributed by atoms with E-state index in [4.69, 9.17) is 18.9 Å². The van der Waals surface area contributed by atoms with E-state index in [1.165, 1.54) is 30.1 Å². The Balaban J connectivity index is 1.83. The van der Waals surface area contributed by atoms with Crippen molar-refractivity contribution in [2.24, 2.45) is 0 Å². The minimum Gasteiger partial charge on any atom is -0.493 e. The van der Waals surface area contributed by atoms with Crippen molar-refractivity contribution in [1.82, 2.24) is 14.8 Å². The molecule has 0 radical (unpaired) electrons. The van der Waals surface area contributed by atoms with Gasteiger partial charge in [0.15, 0.2) is 11.5 Å². The third-order valence-electron chi connectivity index (χ3n) is 5.20.